The minimum atomic E-state index is -0.305. The molecule has 192 valence electrons. The lowest BCUT2D eigenvalue weighted by atomic mass is 9.73. The second-order valence-electron chi connectivity index (χ2n) is 10.9. The summed E-state index contributed by atoms with van der Waals surface area (Å²) in [7, 11) is 0. The molecule has 3 aromatic carbocycles. The maximum Gasteiger partial charge on any atom is 0.163 e. The molecule has 0 radical (unpaired) electrons. The van der Waals surface area contributed by atoms with Gasteiger partial charge in [0, 0.05) is 29.0 Å². The van der Waals surface area contributed by atoms with Crippen molar-refractivity contribution in [3.63, 3.8) is 0 Å². The molecule has 2 heterocycles. The molecule has 1 atom stereocenters. The van der Waals surface area contributed by atoms with E-state index >= 15 is 0 Å². The van der Waals surface area contributed by atoms with E-state index in [9.17, 15) is 4.79 Å². The number of allylic oxidation sites excluding steroid dienone is 1. The lowest BCUT2D eigenvalue weighted by Crippen LogP contribution is -2.31. The first-order chi connectivity index (χ1) is 18.4. The molecule has 2 N–H and O–H groups in total. The Balaban J connectivity index is 1.53. The van der Waals surface area contributed by atoms with Gasteiger partial charge in [-0.3, -0.25) is 4.79 Å². The Morgan fingerprint density at radius 3 is 2.32 bits per heavy atom. The molecular weight excluding hydrogens is 488 g/mol. The minimum Gasteiger partial charge on any atom is -0.372 e. The number of anilines is 2. The van der Waals surface area contributed by atoms with Gasteiger partial charge in [-0.05, 0) is 48.6 Å². The highest BCUT2D eigenvalue weighted by molar-refractivity contribution is 7.98. The number of ketones is 1. The predicted octanol–water partition coefficient (Wildman–Crippen LogP) is 7.69. The van der Waals surface area contributed by atoms with Gasteiger partial charge >= 0.3 is 0 Å². The van der Waals surface area contributed by atoms with E-state index in [4.69, 9.17) is 5.10 Å². The molecule has 0 fully saturated rings. The van der Waals surface area contributed by atoms with Gasteiger partial charge in [0.15, 0.2) is 5.78 Å². The van der Waals surface area contributed by atoms with E-state index in [2.05, 4.69) is 79.9 Å². The van der Waals surface area contributed by atoms with Crippen molar-refractivity contribution in [2.75, 3.05) is 10.6 Å². The van der Waals surface area contributed by atoms with Crippen LogP contribution in [-0.2, 0) is 10.5 Å². The van der Waals surface area contributed by atoms with Crippen molar-refractivity contribution in [1.29, 1.82) is 0 Å². The Bertz CT molecular complexity index is 1520. The van der Waals surface area contributed by atoms with Crippen molar-refractivity contribution in [1.82, 2.24) is 9.78 Å². The maximum atomic E-state index is 13.8. The van der Waals surface area contributed by atoms with Crippen LogP contribution in [-0.4, -0.2) is 15.6 Å². The third-order valence-electron chi connectivity index (χ3n) is 7.29. The first-order valence-electron chi connectivity index (χ1n) is 13.1. The highest BCUT2D eigenvalue weighted by Crippen LogP contribution is 2.48. The van der Waals surface area contributed by atoms with E-state index in [1.165, 1.54) is 5.56 Å². The summed E-state index contributed by atoms with van der Waals surface area (Å²) in [5, 5.41) is 13.5. The fourth-order valence-electron chi connectivity index (χ4n) is 5.57. The molecule has 1 aromatic heterocycles. The standard InChI is InChI=1S/C32H32N4OS/c1-21-28(31(38-20-22-12-6-4-7-13-22)36(35-21)23-14-8-5-9-15-23)30-29-26(18-32(2,3)19-27(29)37)33-24-16-10-11-17-25(24)34-30/h4-17,30,33-34H,18-20H2,1-3H3. The number of Topliss-reactive ketones (excluding diaryl/α,β-unsaturated/α-hetero) is 1. The Morgan fingerprint density at radius 1 is 0.921 bits per heavy atom. The topological polar surface area (TPSA) is 59.0 Å². The van der Waals surface area contributed by atoms with Gasteiger partial charge in [0.05, 0.1) is 28.8 Å². The van der Waals surface area contributed by atoms with Crippen LogP contribution in [0, 0.1) is 12.3 Å². The molecule has 0 bridgehead atoms. The number of thioether (sulfide) groups is 1. The van der Waals surface area contributed by atoms with Crippen LogP contribution in [0.3, 0.4) is 0 Å². The summed E-state index contributed by atoms with van der Waals surface area (Å²) in [4.78, 5) is 13.8. The van der Waals surface area contributed by atoms with Gasteiger partial charge in [-0.15, -0.1) is 11.8 Å². The molecule has 1 aliphatic heterocycles. The highest BCUT2D eigenvalue weighted by atomic mass is 32.2. The van der Waals surface area contributed by atoms with Crippen LogP contribution in [0.1, 0.15) is 49.6 Å². The van der Waals surface area contributed by atoms with Crippen LogP contribution in [0.15, 0.2) is 101 Å². The zero-order chi connectivity index (χ0) is 26.3. The lowest BCUT2D eigenvalue weighted by Gasteiger charge is -2.34. The average Bonchev–Trinajstić information content (AvgIpc) is 3.14. The number of nitrogens with zero attached hydrogens (tertiary/aromatic N) is 2. The number of hydrogen-bond acceptors (Lipinski definition) is 5. The SMILES string of the molecule is Cc1nn(-c2ccccc2)c(SCc2ccccc2)c1C1Nc2ccccc2NC2=C1C(=O)CC(C)(C)C2. The molecule has 0 saturated heterocycles. The van der Waals surface area contributed by atoms with E-state index < -0.39 is 0 Å². The maximum absolute atomic E-state index is 13.8. The van der Waals surface area contributed by atoms with E-state index in [0.717, 1.165) is 56.8 Å². The Labute approximate surface area is 228 Å². The van der Waals surface area contributed by atoms with Crippen molar-refractivity contribution in [2.24, 2.45) is 5.41 Å². The summed E-state index contributed by atoms with van der Waals surface area (Å²) >= 11 is 1.77. The summed E-state index contributed by atoms with van der Waals surface area (Å²) in [6.45, 7) is 6.41. The van der Waals surface area contributed by atoms with E-state index in [-0.39, 0.29) is 17.2 Å². The number of benzene rings is 3. The van der Waals surface area contributed by atoms with Crippen LogP contribution in [0.2, 0.25) is 0 Å². The predicted molar refractivity (Wildman–Crippen MR) is 156 cm³/mol. The molecule has 4 aromatic rings. The second kappa shape index (κ2) is 9.84. The summed E-state index contributed by atoms with van der Waals surface area (Å²) in [6.07, 6.45) is 1.35. The Hall–Kier alpha value is -3.77. The molecule has 2 aliphatic rings. The Morgan fingerprint density at radius 2 is 1.58 bits per heavy atom. The molecular formula is C32H32N4OS. The second-order valence-corrected chi connectivity index (χ2v) is 11.9. The molecule has 0 amide bonds. The third-order valence-corrected chi connectivity index (χ3v) is 8.44. The zero-order valence-electron chi connectivity index (χ0n) is 22.0. The number of para-hydroxylation sites is 3. The molecule has 6 heteroatoms. The lowest BCUT2D eigenvalue weighted by molar-refractivity contribution is -0.118. The van der Waals surface area contributed by atoms with Gasteiger partial charge in [0.1, 0.15) is 5.03 Å². The number of hydrogen-bond donors (Lipinski definition) is 2. The van der Waals surface area contributed by atoms with Gasteiger partial charge in [0.25, 0.3) is 0 Å². The number of fused-ring (bicyclic) bond motifs is 1. The van der Waals surface area contributed by atoms with Crippen molar-refractivity contribution >= 4 is 28.9 Å². The highest BCUT2D eigenvalue weighted by Gasteiger charge is 2.40. The fourth-order valence-corrected chi connectivity index (χ4v) is 6.75. The average molecular weight is 521 g/mol. The molecule has 0 saturated carbocycles. The monoisotopic (exact) mass is 520 g/mol. The van der Waals surface area contributed by atoms with Gasteiger partial charge < -0.3 is 10.6 Å². The Kier molecular flexibility index (Phi) is 6.36. The van der Waals surface area contributed by atoms with Crippen molar-refractivity contribution in [2.45, 2.75) is 50.4 Å². The molecule has 1 aliphatic carbocycles. The fraction of sp³-hybridized carbons (Fsp3) is 0.250. The normalized spacial score (nSPS) is 18.2. The first kappa shape index (κ1) is 24.6. The zero-order valence-corrected chi connectivity index (χ0v) is 22.8. The van der Waals surface area contributed by atoms with Gasteiger partial charge in [-0.25, -0.2) is 4.68 Å². The summed E-state index contributed by atoms with van der Waals surface area (Å²) in [5.41, 5.74) is 7.98. The number of carbonyl (C=O) groups is 1. The molecule has 6 rings (SSSR count). The largest absolute Gasteiger partial charge is 0.372 e. The summed E-state index contributed by atoms with van der Waals surface area (Å²) < 4.78 is 2.04. The van der Waals surface area contributed by atoms with Crippen molar-refractivity contribution in [3.05, 3.63) is 113 Å². The van der Waals surface area contributed by atoms with Crippen LogP contribution in [0.25, 0.3) is 5.69 Å². The van der Waals surface area contributed by atoms with Crippen LogP contribution < -0.4 is 10.6 Å². The molecule has 1 unspecified atom stereocenters. The van der Waals surface area contributed by atoms with Gasteiger partial charge in [-0.1, -0.05) is 74.5 Å². The van der Waals surface area contributed by atoms with E-state index in [1.807, 2.05) is 41.1 Å². The number of carbonyl (C=O) groups excluding carboxylic acids is 1. The quantitative estimate of drug-likeness (QED) is 0.264. The minimum absolute atomic E-state index is 0.0963. The third kappa shape index (κ3) is 4.65. The number of aryl methyl sites for hydroxylation is 1. The number of rotatable bonds is 5. The number of nitrogens with one attached hydrogen (secondary N) is 2. The molecule has 5 nitrogen and oxygen atoms in total. The van der Waals surface area contributed by atoms with Gasteiger partial charge in [-0.2, -0.15) is 5.10 Å². The van der Waals surface area contributed by atoms with Crippen molar-refractivity contribution < 1.29 is 4.79 Å². The van der Waals surface area contributed by atoms with Crippen LogP contribution in [0.5, 0.6) is 0 Å². The van der Waals surface area contributed by atoms with Crippen molar-refractivity contribution in [3.8, 4) is 5.69 Å². The first-order valence-corrected chi connectivity index (χ1v) is 14.1. The van der Waals surface area contributed by atoms with Crippen LogP contribution in [0.4, 0.5) is 11.4 Å². The van der Waals surface area contributed by atoms with Gasteiger partial charge in [0.2, 0.25) is 0 Å². The number of aromatic nitrogens is 2. The van der Waals surface area contributed by atoms with E-state index in [0.29, 0.717) is 6.42 Å². The van der Waals surface area contributed by atoms with E-state index in [1.54, 1.807) is 11.8 Å². The summed E-state index contributed by atoms with van der Waals surface area (Å²) in [6, 6.07) is 28.7. The smallest absolute Gasteiger partial charge is 0.163 e. The van der Waals surface area contributed by atoms with Crippen LogP contribution >= 0.6 is 11.8 Å². The molecule has 38 heavy (non-hydrogen) atoms. The summed E-state index contributed by atoms with van der Waals surface area (Å²) in [5.74, 6) is 1.00. The molecule has 0 spiro atoms.